The first kappa shape index (κ1) is 20.6. The fourth-order valence-electron chi connectivity index (χ4n) is 1.44. The topological polar surface area (TPSA) is 114 Å². The highest BCUT2D eigenvalue weighted by molar-refractivity contribution is 8.02. The summed E-state index contributed by atoms with van der Waals surface area (Å²) in [6, 6.07) is 1.85. The molecule has 1 heterocycles. The number of carbonyl (C=O) groups excluding carboxylic acids is 1. The Morgan fingerprint density at radius 3 is 2.75 bits per heavy atom. The molecule has 0 aromatic carbocycles. The van der Waals surface area contributed by atoms with Crippen molar-refractivity contribution in [2.45, 2.75) is 17.8 Å². The van der Waals surface area contributed by atoms with E-state index in [1.165, 1.54) is 29.4 Å². The third-order valence-corrected chi connectivity index (χ3v) is 5.51. The zero-order valence-corrected chi connectivity index (χ0v) is 16.0. The first-order valence-corrected chi connectivity index (χ1v) is 10.5. The number of ether oxygens (including phenoxy) is 2. The van der Waals surface area contributed by atoms with Gasteiger partial charge in [-0.25, -0.2) is 4.79 Å². The van der Waals surface area contributed by atoms with Crippen molar-refractivity contribution in [1.82, 2.24) is 15.5 Å². The zero-order valence-electron chi connectivity index (χ0n) is 13.5. The number of nitrogens with zero attached hydrogens (tertiary/aromatic N) is 3. The fourth-order valence-corrected chi connectivity index (χ4v) is 3.42. The minimum absolute atomic E-state index is 0.0849. The van der Waals surface area contributed by atoms with E-state index in [1.807, 2.05) is 13.0 Å². The monoisotopic (exact) mass is 390 g/mol. The highest BCUT2D eigenvalue weighted by Gasteiger charge is 2.17. The van der Waals surface area contributed by atoms with Gasteiger partial charge in [0.2, 0.25) is 4.34 Å². The summed E-state index contributed by atoms with van der Waals surface area (Å²) in [4.78, 5) is 12.0. The maximum atomic E-state index is 12.0. The van der Waals surface area contributed by atoms with Crippen LogP contribution in [-0.2, 0) is 31.6 Å². The standard InChI is InChI=1S/C13H18N4O4S3/c1-4-20-5-6-21-12(18)9(7-14)11(22-2)15-8-10-16-17-13(23-10)24(3)19/h15H,4-6,8H2,1-3H3/b11-9-. The van der Waals surface area contributed by atoms with Crippen LogP contribution in [0.4, 0.5) is 0 Å². The van der Waals surface area contributed by atoms with E-state index >= 15 is 0 Å². The van der Waals surface area contributed by atoms with Crippen LogP contribution in [0.25, 0.3) is 0 Å². The molecule has 1 rings (SSSR count). The summed E-state index contributed by atoms with van der Waals surface area (Å²) >= 11 is 2.43. The summed E-state index contributed by atoms with van der Waals surface area (Å²) in [5, 5.41) is 20.9. The molecule has 0 fully saturated rings. The second-order valence-corrected chi connectivity index (χ2v) is 7.55. The van der Waals surface area contributed by atoms with E-state index < -0.39 is 16.8 Å². The maximum absolute atomic E-state index is 12.0. The molecular formula is C13H18N4O4S3. The summed E-state index contributed by atoms with van der Waals surface area (Å²) in [6.45, 7) is 3.00. The van der Waals surface area contributed by atoms with E-state index in [9.17, 15) is 14.3 Å². The highest BCUT2D eigenvalue weighted by Crippen LogP contribution is 2.18. The third-order valence-electron chi connectivity index (χ3n) is 2.51. The van der Waals surface area contributed by atoms with E-state index in [0.717, 1.165) is 0 Å². The van der Waals surface area contributed by atoms with Gasteiger partial charge in [0.1, 0.15) is 17.7 Å². The molecule has 0 amide bonds. The average Bonchev–Trinajstić information content (AvgIpc) is 3.04. The van der Waals surface area contributed by atoms with Gasteiger partial charge < -0.3 is 14.8 Å². The largest absolute Gasteiger partial charge is 0.459 e. The van der Waals surface area contributed by atoms with Crippen LogP contribution in [0.2, 0.25) is 0 Å². The molecule has 132 valence electrons. The molecule has 1 atom stereocenters. The number of thioether (sulfide) groups is 1. The van der Waals surface area contributed by atoms with Crippen molar-refractivity contribution in [2.24, 2.45) is 0 Å². The molecule has 1 aromatic rings. The first-order chi connectivity index (χ1) is 11.5. The van der Waals surface area contributed by atoms with Crippen LogP contribution in [0.15, 0.2) is 14.9 Å². The summed E-state index contributed by atoms with van der Waals surface area (Å²) in [7, 11) is -1.19. The van der Waals surface area contributed by atoms with Gasteiger partial charge in [0.05, 0.1) is 29.0 Å². The molecule has 1 aromatic heterocycles. The SMILES string of the molecule is CCOCCOC(=O)/C(C#N)=C(/NCc1nnc(S(C)=O)s1)SC. The molecule has 1 N–H and O–H groups in total. The molecule has 0 bridgehead atoms. The number of hydrogen-bond donors (Lipinski definition) is 1. The molecule has 24 heavy (non-hydrogen) atoms. The van der Waals surface area contributed by atoms with Crippen molar-refractivity contribution < 1.29 is 18.5 Å². The summed E-state index contributed by atoms with van der Waals surface area (Å²) in [5.41, 5.74) is -0.109. The van der Waals surface area contributed by atoms with Crippen LogP contribution >= 0.6 is 23.1 Å². The smallest absolute Gasteiger partial charge is 0.351 e. The van der Waals surface area contributed by atoms with Gasteiger partial charge in [-0.05, 0) is 13.2 Å². The highest BCUT2D eigenvalue weighted by atomic mass is 32.2. The van der Waals surface area contributed by atoms with Crippen LogP contribution in [0, 0.1) is 11.3 Å². The van der Waals surface area contributed by atoms with E-state index in [1.54, 1.807) is 6.26 Å². The van der Waals surface area contributed by atoms with Gasteiger partial charge in [-0.2, -0.15) is 5.26 Å². The number of esters is 1. The fraction of sp³-hybridized carbons (Fsp3) is 0.538. The molecule has 11 heteroatoms. The molecule has 0 aliphatic carbocycles. The van der Waals surface area contributed by atoms with Gasteiger partial charge in [0.25, 0.3) is 0 Å². The molecule has 8 nitrogen and oxygen atoms in total. The summed E-state index contributed by atoms with van der Waals surface area (Å²) in [5.74, 6) is -0.707. The number of nitrogens with one attached hydrogen (secondary N) is 1. The second-order valence-electron chi connectivity index (χ2n) is 4.12. The van der Waals surface area contributed by atoms with Crippen molar-refractivity contribution in [3.05, 3.63) is 15.6 Å². The Labute approximate surface area is 151 Å². The zero-order chi connectivity index (χ0) is 17.9. The summed E-state index contributed by atoms with van der Waals surface area (Å²) in [6.07, 6.45) is 3.26. The van der Waals surface area contributed by atoms with Crippen LogP contribution in [0.1, 0.15) is 11.9 Å². The lowest BCUT2D eigenvalue weighted by Crippen LogP contribution is -2.18. The van der Waals surface area contributed by atoms with Gasteiger partial charge in [-0.3, -0.25) is 4.21 Å². The van der Waals surface area contributed by atoms with Gasteiger partial charge in [0, 0.05) is 12.9 Å². The van der Waals surface area contributed by atoms with Crippen molar-refractivity contribution in [3.63, 3.8) is 0 Å². The van der Waals surface area contributed by atoms with Crippen molar-refractivity contribution in [2.75, 3.05) is 32.3 Å². The Morgan fingerprint density at radius 2 is 2.21 bits per heavy atom. The third kappa shape index (κ3) is 6.56. The van der Waals surface area contributed by atoms with Crippen molar-refractivity contribution in [3.8, 4) is 6.07 Å². The number of carbonyl (C=O) groups is 1. The van der Waals surface area contributed by atoms with E-state index in [-0.39, 0.29) is 25.3 Å². The van der Waals surface area contributed by atoms with Gasteiger partial charge in [0.15, 0.2) is 5.57 Å². The number of nitriles is 1. The Balaban J connectivity index is 2.71. The molecule has 0 saturated heterocycles. The van der Waals surface area contributed by atoms with Crippen LogP contribution in [0.3, 0.4) is 0 Å². The molecule has 0 spiro atoms. The maximum Gasteiger partial charge on any atom is 0.351 e. The summed E-state index contributed by atoms with van der Waals surface area (Å²) < 4.78 is 21.8. The Bertz CT molecular complexity index is 654. The molecule has 0 aliphatic heterocycles. The minimum atomic E-state index is -1.19. The van der Waals surface area contributed by atoms with Crippen LogP contribution < -0.4 is 5.32 Å². The Morgan fingerprint density at radius 1 is 1.46 bits per heavy atom. The second kappa shape index (κ2) is 11.1. The number of aromatic nitrogens is 2. The van der Waals surface area contributed by atoms with Crippen LogP contribution in [-0.4, -0.2) is 52.7 Å². The first-order valence-electron chi connectivity index (χ1n) is 6.86. The quantitative estimate of drug-likeness (QED) is 0.271. The molecule has 0 radical (unpaired) electrons. The molecule has 0 saturated carbocycles. The predicted octanol–water partition coefficient (Wildman–Crippen LogP) is 1.04. The Kier molecular flexibility index (Phi) is 9.55. The van der Waals surface area contributed by atoms with Gasteiger partial charge in [-0.1, -0.05) is 11.3 Å². The van der Waals surface area contributed by atoms with E-state index in [4.69, 9.17) is 9.47 Å². The molecule has 1 unspecified atom stereocenters. The Hall–Kier alpha value is -1.48. The van der Waals surface area contributed by atoms with E-state index in [2.05, 4.69) is 15.5 Å². The predicted molar refractivity (Wildman–Crippen MR) is 92.7 cm³/mol. The van der Waals surface area contributed by atoms with E-state index in [0.29, 0.717) is 21.0 Å². The molecule has 0 aliphatic rings. The number of rotatable bonds is 10. The average molecular weight is 391 g/mol. The lowest BCUT2D eigenvalue weighted by atomic mass is 10.3. The lowest BCUT2D eigenvalue weighted by Gasteiger charge is -2.10. The van der Waals surface area contributed by atoms with Gasteiger partial charge >= 0.3 is 5.97 Å². The number of hydrogen-bond acceptors (Lipinski definition) is 10. The van der Waals surface area contributed by atoms with Gasteiger partial charge in [-0.15, -0.1) is 22.0 Å². The molecular weight excluding hydrogens is 372 g/mol. The normalized spacial score (nSPS) is 12.9. The van der Waals surface area contributed by atoms with Crippen molar-refractivity contribution >= 4 is 39.9 Å². The lowest BCUT2D eigenvalue weighted by molar-refractivity contribution is -0.140. The van der Waals surface area contributed by atoms with Crippen molar-refractivity contribution in [1.29, 1.82) is 5.26 Å². The minimum Gasteiger partial charge on any atom is -0.459 e. The van der Waals surface area contributed by atoms with Crippen LogP contribution in [0.5, 0.6) is 0 Å².